The minimum atomic E-state index is -0.227. The van der Waals surface area contributed by atoms with Gasteiger partial charge in [0, 0.05) is 37.8 Å². The summed E-state index contributed by atoms with van der Waals surface area (Å²) in [7, 11) is 5.72. The molecule has 0 aliphatic heterocycles. The molecule has 2 N–H and O–H groups in total. The van der Waals surface area contributed by atoms with Crippen LogP contribution in [0.3, 0.4) is 0 Å². The Morgan fingerprint density at radius 2 is 1.59 bits per heavy atom. The van der Waals surface area contributed by atoms with E-state index in [2.05, 4.69) is 20.5 Å². The summed E-state index contributed by atoms with van der Waals surface area (Å²) in [5, 5.41) is 6.37. The van der Waals surface area contributed by atoms with Crippen molar-refractivity contribution < 1.29 is 9.13 Å². The smallest absolute Gasteiger partial charge is 0.191 e. The van der Waals surface area contributed by atoms with Crippen LogP contribution in [0, 0.1) is 5.82 Å². The summed E-state index contributed by atoms with van der Waals surface area (Å²) in [5.41, 5.74) is 1.64. The zero-order valence-electron chi connectivity index (χ0n) is 16.0. The number of guanidine groups is 1. The average molecular weight is 486 g/mol. The molecule has 0 atom stereocenters. The van der Waals surface area contributed by atoms with E-state index in [1.807, 2.05) is 44.4 Å². The zero-order valence-corrected chi connectivity index (χ0v) is 18.4. The van der Waals surface area contributed by atoms with E-state index < -0.39 is 0 Å². The second-order valence-electron chi connectivity index (χ2n) is 6.13. The lowest BCUT2D eigenvalue weighted by Gasteiger charge is -2.16. The Kier molecular flexibility index (Phi) is 10.7. The largest absolute Gasteiger partial charge is 0.492 e. The highest BCUT2D eigenvalue weighted by atomic mass is 127. The van der Waals surface area contributed by atoms with E-state index in [0.29, 0.717) is 31.2 Å². The summed E-state index contributed by atoms with van der Waals surface area (Å²) in [4.78, 5) is 6.27. The van der Waals surface area contributed by atoms with E-state index in [4.69, 9.17) is 4.74 Å². The Morgan fingerprint density at radius 1 is 1.00 bits per heavy atom. The molecule has 0 bridgehead atoms. The van der Waals surface area contributed by atoms with Crippen LogP contribution in [0.4, 0.5) is 4.39 Å². The third-order valence-corrected chi connectivity index (χ3v) is 3.84. The molecule has 5 nitrogen and oxygen atoms in total. The number of ether oxygens (including phenoxy) is 1. The molecule has 27 heavy (non-hydrogen) atoms. The van der Waals surface area contributed by atoms with Crippen LogP contribution in [0.5, 0.6) is 5.75 Å². The van der Waals surface area contributed by atoms with Gasteiger partial charge in [-0.3, -0.25) is 4.99 Å². The number of hydrogen-bond acceptors (Lipinski definition) is 3. The molecular weight excluding hydrogens is 458 g/mol. The van der Waals surface area contributed by atoms with Gasteiger partial charge >= 0.3 is 0 Å². The maximum absolute atomic E-state index is 13.7. The monoisotopic (exact) mass is 486 g/mol. The lowest BCUT2D eigenvalue weighted by molar-refractivity contribution is 0.259. The highest BCUT2D eigenvalue weighted by Gasteiger charge is 2.06. The van der Waals surface area contributed by atoms with E-state index in [1.54, 1.807) is 19.2 Å². The second-order valence-corrected chi connectivity index (χ2v) is 6.13. The van der Waals surface area contributed by atoms with Gasteiger partial charge in [0.1, 0.15) is 18.2 Å². The third kappa shape index (κ3) is 8.13. The number of nitrogens with zero attached hydrogens (tertiary/aromatic N) is 2. The quantitative estimate of drug-likeness (QED) is 0.342. The van der Waals surface area contributed by atoms with Gasteiger partial charge in [0.15, 0.2) is 5.96 Å². The van der Waals surface area contributed by atoms with Gasteiger partial charge in [0.2, 0.25) is 0 Å². The van der Waals surface area contributed by atoms with Crippen LogP contribution >= 0.6 is 24.0 Å². The predicted molar refractivity (Wildman–Crippen MR) is 119 cm³/mol. The van der Waals surface area contributed by atoms with E-state index in [-0.39, 0.29) is 29.8 Å². The average Bonchev–Trinajstić information content (AvgIpc) is 2.64. The number of rotatable bonds is 8. The van der Waals surface area contributed by atoms with Gasteiger partial charge < -0.3 is 20.3 Å². The highest BCUT2D eigenvalue weighted by Crippen LogP contribution is 2.17. The summed E-state index contributed by atoms with van der Waals surface area (Å²) < 4.78 is 19.6. The number of aliphatic imine (C=N–C) groups is 1. The van der Waals surface area contributed by atoms with Crippen molar-refractivity contribution in [2.24, 2.45) is 4.99 Å². The fraction of sp³-hybridized carbons (Fsp3) is 0.350. The van der Waals surface area contributed by atoms with Crippen molar-refractivity contribution >= 4 is 29.9 Å². The number of halogens is 2. The molecular formula is C20H28FIN4O. The molecule has 0 aliphatic rings. The molecule has 2 rings (SSSR count). The van der Waals surface area contributed by atoms with Gasteiger partial charge in [-0.15, -0.1) is 24.0 Å². The van der Waals surface area contributed by atoms with E-state index in [1.165, 1.54) is 6.07 Å². The van der Waals surface area contributed by atoms with Crippen molar-refractivity contribution in [3.63, 3.8) is 0 Å². The van der Waals surface area contributed by atoms with Crippen LogP contribution in [-0.2, 0) is 13.1 Å². The molecule has 0 aliphatic carbocycles. The number of hydrogen-bond donors (Lipinski definition) is 2. The second kappa shape index (κ2) is 12.5. The van der Waals surface area contributed by atoms with Gasteiger partial charge in [-0.2, -0.15) is 0 Å². The van der Waals surface area contributed by atoms with Crippen molar-refractivity contribution in [3.05, 3.63) is 65.5 Å². The third-order valence-electron chi connectivity index (χ3n) is 3.84. The Bertz CT molecular complexity index is 725. The molecule has 2 aromatic rings. The molecule has 0 spiro atoms. The first-order valence-corrected chi connectivity index (χ1v) is 8.63. The Labute approximate surface area is 178 Å². The first kappa shape index (κ1) is 23.2. The molecule has 0 heterocycles. The van der Waals surface area contributed by atoms with Crippen LogP contribution < -0.4 is 15.4 Å². The van der Waals surface area contributed by atoms with Crippen LogP contribution in [0.2, 0.25) is 0 Å². The molecule has 0 unspecified atom stereocenters. The summed E-state index contributed by atoms with van der Waals surface area (Å²) >= 11 is 0. The van der Waals surface area contributed by atoms with Gasteiger partial charge in [-0.25, -0.2) is 4.39 Å². The minimum Gasteiger partial charge on any atom is -0.492 e. The topological polar surface area (TPSA) is 48.9 Å². The summed E-state index contributed by atoms with van der Waals surface area (Å²) in [6.07, 6.45) is 0. The van der Waals surface area contributed by atoms with Gasteiger partial charge in [-0.1, -0.05) is 36.4 Å². The van der Waals surface area contributed by atoms with Crippen LogP contribution in [-0.4, -0.2) is 45.2 Å². The Balaban J connectivity index is 0.00000364. The minimum absolute atomic E-state index is 0. The first-order chi connectivity index (χ1) is 12.6. The maximum atomic E-state index is 13.7. The molecule has 148 valence electrons. The molecule has 0 radical (unpaired) electrons. The highest BCUT2D eigenvalue weighted by molar-refractivity contribution is 14.0. The van der Waals surface area contributed by atoms with Gasteiger partial charge in [0.05, 0.1) is 0 Å². The normalized spacial score (nSPS) is 11.1. The zero-order chi connectivity index (χ0) is 18.8. The molecule has 0 amide bonds. The van der Waals surface area contributed by atoms with E-state index >= 15 is 0 Å². The van der Waals surface area contributed by atoms with Crippen LogP contribution in [0.1, 0.15) is 11.1 Å². The van der Waals surface area contributed by atoms with Crippen LogP contribution in [0.15, 0.2) is 53.5 Å². The van der Waals surface area contributed by atoms with Crippen molar-refractivity contribution in [1.29, 1.82) is 0 Å². The van der Waals surface area contributed by atoms with Crippen LogP contribution in [0.25, 0.3) is 0 Å². The van der Waals surface area contributed by atoms with Gasteiger partial charge in [-0.05, 0) is 26.2 Å². The number of benzene rings is 2. The van der Waals surface area contributed by atoms with E-state index in [0.717, 1.165) is 17.9 Å². The summed E-state index contributed by atoms with van der Waals surface area (Å²) in [6, 6.07) is 14.6. The van der Waals surface area contributed by atoms with Crippen molar-refractivity contribution in [3.8, 4) is 5.75 Å². The number of likely N-dealkylation sites (N-methyl/N-ethyl adjacent to an activating group) is 1. The van der Waals surface area contributed by atoms with Crippen molar-refractivity contribution in [1.82, 2.24) is 15.5 Å². The lowest BCUT2D eigenvalue weighted by Crippen LogP contribution is -2.36. The Hall–Kier alpha value is -1.87. The fourth-order valence-electron chi connectivity index (χ4n) is 2.35. The summed E-state index contributed by atoms with van der Waals surface area (Å²) in [5.74, 6) is 1.23. The molecule has 0 saturated carbocycles. The molecule has 2 aromatic carbocycles. The molecule has 0 saturated heterocycles. The predicted octanol–water partition coefficient (Wildman–Crippen LogP) is 3.25. The SMILES string of the molecule is CN=C(NCc1ccccc1F)NCc1ccccc1OCCN(C)C.I. The van der Waals surface area contributed by atoms with E-state index in [9.17, 15) is 4.39 Å². The Morgan fingerprint density at radius 3 is 2.22 bits per heavy atom. The molecule has 0 aromatic heterocycles. The standard InChI is InChI=1S/C20H27FN4O.HI/c1-22-20(23-14-16-8-4-6-10-18(16)21)24-15-17-9-5-7-11-19(17)26-13-12-25(2)3;/h4-11H,12-15H2,1-3H3,(H2,22,23,24);1H. The maximum Gasteiger partial charge on any atom is 0.191 e. The van der Waals surface area contributed by atoms with Crippen molar-refractivity contribution in [2.45, 2.75) is 13.1 Å². The number of nitrogens with one attached hydrogen (secondary N) is 2. The summed E-state index contributed by atoms with van der Waals surface area (Å²) in [6.45, 7) is 2.42. The molecule has 0 fully saturated rings. The van der Waals surface area contributed by atoms with Crippen molar-refractivity contribution in [2.75, 3.05) is 34.3 Å². The lowest BCUT2D eigenvalue weighted by atomic mass is 10.2. The first-order valence-electron chi connectivity index (χ1n) is 8.63. The molecule has 7 heteroatoms. The fourth-order valence-corrected chi connectivity index (χ4v) is 2.35. The number of para-hydroxylation sites is 1. The van der Waals surface area contributed by atoms with Gasteiger partial charge in [0.25, 0.3) is 0 Å².